The Morgan fingerprint density at radius 2 is 2.21 bits per heavy atom. The molecule has 1 amide bonds. The first-order valence-electron chi connectivity index (χ1n) is 6.02. The van der Waals surface area contributed by atoms with E-state index in [4.69, 9.17) is 15.2 Å². The van der Waals surface area contributed by atoms with Gasteiger partial charge < -0.3 is 20.5 Å². The van der Waals surface area contributed by atoms with Gasteiger partial charge in [-0.15, -0.1) is 0 Å². The van der Waals surface area contributed by atoms with Gasteiger partial charge in [-0.3, -0.25) is 4.79 Å². The van der Waals surface area contributed by atoms with E-state index in [0.717, 1.165) is 22.3 Å². The number of methoxy groups -OCH3 is 1. The summed E-state index contributed by atoms with van der Waals surface area (Å²) < 4.78 is 11.5. The Bertz CT molecular complexity index is 413. The highest BCUT2D eigenvalue weighted by Crippen LogP contribution is 2.23. The van der Waals surface area contributed by atoms with Crippen LogP contribution in [0.4, 0.5) is 0 Å². The van der Waals surface area contributed by atoms with Crippen LogP contribution in [0.25, 0.3) is 0 Å². The average Bonchev–Trinajstić information content (AvgIpc) is 2.36. The summed E-state index contributed by atoms with van der Waals surface area (Å²) in [6.07, 6.45) is 0.215. The summed E-state index contributed by atoms with van der Waals surface area (Å²) in [5.74, 6) is 0.395. The lowest BCUT2D eigenvalue weighted by Gasteiger charge is -2.12. The molecule has 0 aromatic heterocycles. The summed E-state index contributed by atoms with van der Waals surface area (Å²) in [4.78, 5) is 10.7. The molecule has 5 nitrogen and oxygen atoms in total. The lowest BCUT2D eigenvalue weighted by molar-refractivity contribution is -0.118. The summed E-state index contributed by atoms with van der Waals surface area (Å²) in [5.41, 5.74) is 6.10. The molecule has 0 aliphatic heterocycles. The summed E-state index contributed by atoms with van der Waals surface area (Å²) in [6, 6.07) is 5.76. The fourth-order valence-corrected chi connectivity index (χ4v) is 1.89. The van der Waals surface area contributed by atoms with Crippen LogP contribution < -0.4 is 15.8 Å². The van der Waals surface area contributed by atoms with Crippen molar-refractivity contribution in [2.24, 2.45) is 5.73 Å². The number of primary amides is 1. The topological polar surface area (TPSA) is 73.6 Å². The smallest absolute Gasteiger partial charge is 0.220 e. The van der Waals surface area contributed by atoms with Gasteiger partial charge in [-0.1, -0.05) is 15.9 Å². The highest BCUT2D eigenvalue weighted by Gasteiger charge is 2.05. The van der Waals surface area contributed by atoms with Crippen molar-refractivity contribution < 1.29 is 14.3 Å². The number of hydrogen-bond donors (Lipinski definition) is 2. The van der Waals surface area contributed by atoms with Crippen molar-refractivity contribution in [3.63, 3.8) is 0 Å². The number of carbonyl (C=O) groups is 1. The molecule has 0 atom stereocenters. The zero-order valence-corrected chi connectivity index (χ0v) is 12.5. The Labute approximate surface area is 121 Å². The van der Waals surface area contributed by atoms with Gasteiger partial charge in [-0.25, -0.2) is 0 Å². The number of rotatable bonds is 9. The molecule has 0 fully saturated rings. The number of hydrogen-bond acceptors (Lipinski definition) is 4. The van der Waals surface area contributed by atoms with E-state index in [-0.39, 0.29) is 12.3 Å². The predicted octanol–water partition coefficient (Wildman–Crippen LogP) is 1.44. The Kier molecular flexibility index (Phi) is 7.47. The molecule has 0 heterocycles. The molecule has 0 aliphatic rings. The fraction of sp³-hybridized carbons (Fsp3) is 0.462. The molecule has 0 bridgehead atoms. The van der Waals surface area contributed by atoms with E-state index < -0.39 is 0 Å². The summed E-state index contributed by atoms with van der Waals surface area (Å²) in [6.45, 7) is 2.40. The van der Waals surface area contributed by atoms with Crippen molar-refractivity contribution >= 4 is 21.8 Å². The minimum atomic E-state index is -0.364. The van der Waals surface area contributed by atoms with Crippen LogP contribution in [0.3, 0.4) is 0 Å². The Balaban J connectivity index is 2.55. The van der Waals surface area contributed by atoms with E-state index in [1.165, 1.54) is 0 Å². The van der Waals surface area contributed by atoms with Crippen LogP contribution in [-0.4, -0.2) is 32.8 Å². The van der Waals surface area contributed by atoms with E-state index in [9.17, 15) is 4.79 Å². The van der Waals surface area contributed by atoms with Crippen molar-refractivity contribution in [3.05, 3.63) is 28.2 Å². The normalized spacial score (nSPS) is 10.4. The third-order valence-electron chi connectivity index (χ3n) is 2.43. The summed E-state index contributed by atoms with van der Waals surface area (Å²) >= 11 is 3.43. The van der Waals surface area contributed by atoms with Crippen LogP contribution in [0.2, 0.25) is 0 Å². The number of nitrogens with two attached hydrogens (primary N) is 1. The predicted molar refractivity (Wildman–Crippen MR) is 77.0 cm³/mol. The number of carbonyl (C=O) groups excluding carboxylic acids is 1. The lowest BCUT2D eigenvalue weighted by Crippen LogP contribution is -2.19. The zero-order valence-electron chi connectivity index (χ0n) is 10.9. The van der Waals surface area contributed by atoms with E-state index in [1.54, 1.807) is 7.11 Å². The SMILES string of the molecule is COCCNCc1cc(Br)ccc1OCCC(N)=O. The van der Waals surface area contributed by atoms with Crippen molar-refractivity contribution in [2.75, 3.05) is 26.9 Å². The third kappa shape index (κ3) is 6.56. The number of halogens is 1. The Hall–Kier alpha value is -1.11. The molecule has 6 heteroatoms. The first-order valence-corrected chi connectivity index (χ1v) is 6.82. The average molecular weight is 331 g/mol. The molecular weight excluding hydrogens is 312 g/mol. The fourth-order valence-electron chi connectivity index (χ4n) is 1.49. The zero-order chi connectivity index (χ0) is 14.1. The molecule has 0 unspecified atom stereocenters. The first-order chi connectivity index (χ1) is 9.13. The number of nitrogens with one attached hydrogen (secondary N) is 1. The number of benzene rings is 1. The summed E-state index contributed by atoms with van der Waals surface area (Å²) in [5, 5.41) is 3.25. The molecule has 0 saturated carbocycles. The highest BCUT2D eigenvalue weighted by atomic mass is 79.9. The van der Waals surface area contributed by atoms with Crippen molar-refractivity contribution in [1.29, 1.82) is 0 Å². The second kappa shape index (κ2) is 8.90. The maximum Gasteiger partial charge on any atom is 0.220 e. The molecular formula is C13H19BrN2O3. The maximum atomic E-state index is 10.7. The van der Waals surface area contributed by atoms with Gasteiger partial charge in [-0.05, 0) is 18.2 Å². The van der Waals surface area contributed by atoms with Gasteiger partial charge in [0, 0.05) is 30.2 Å². The maximum absolute atomic E-state index is 10.7. The van der Waals surface area contributed by atoms with Crippen LogP contribution in [0.5, 0.6) is 5.75 Å². The van der Waals surface area contributed by atoms with Gasteiger partial charge in [0.25, 0.3) is 0 Å². The molecule has 1 aromatic carbocycles. The van der Waals surface area contributed by atoms with Gasteiger partial charge in [0.1, 0.15) is 5.75 Å². The quantitative estimate of drug-likeness (QED) is 0.672. The van der Waals surface area contributed by atoms with Crippen molar-refractivity contribution in [1.82, 2.24) is 5.32 Å². The second-order valence-electron chi connectivity index (χ2n) is 3.99. The second-order valence-corrected chi connectivity index (χ2v) is 4.90. The van der Waals surface area contributed by atoms with Gasteiger partial charge >= 0.3 is 0 Å². The molecule has 0 radical (unpaired) electrons. The van der Waals surface area contributed by atoms with Gasteiger partial charge in [0.05, 0.1) is 19.6 Å². The molecule has 0 spiro atoms. The van der Waals surface area contributed by atoms with Crippen LogP contribution in [0, 0.1) is 0 Å². The summed E-state index contributed by atoms with van der Waals surface area (Å²) in [7, 11) is 1.67. The molecule has 3 N–H and O–H groups in total. The first kappa shape index (κ1) is 15.9. The highest BCUT2D eigenvalue weighted by molar-refractivity contribution is 9.10. The molecule has 0 aliphatic carbocycles. The molecule has 106 valence electrons. The van der Waals surface area contributed by atoms with Gasteiger partial charge in [-0.2, -0.15) is 0 Å². The van der Waals surface area contributed by atoms with E-state index in [0.29, 0.717) is 19.8 Å². The van der Waals surface area contributed by atoms with E-state index >= 15 is 0 Å². The molecule has 1 aromatic rings. The third-order valence-corrected chi connectivity index (χ3v) is 2.92. The van der Waals surface area contributed by atoms with Crippen LogP contribution in [0.15, 0.2) is 22.7 Å². The molecule has 1 rings (SSSR count). The van der Waals surface area contributed by atoms with Gasteiger partial charge in [0.2, 0.25) is 5.91 Å². The largest absolute Gasteiger partial charge is 0.493 e. The van der Waals surface area contributed by atoms with E-state index in [1.807, 2.05) is 18.2 Å². The van der Waals surface area contributed by atoms with Gasteiger partial charge in [0.15, 0.2) is 0 Å². The minimum Gasteiger partial charge on any atom is -0.493 e. The molecule has 0 saturated heterocycles. The van der Waals surface area contributed by atoms with Crippen LogP contribution in [0.1, 0.15) is 12.0 Å². The lowest BCUT2D eigenvalue weighted by atomic mass is 10.2. The number of amides is 1. The van der Waals surface area contributed by atoms with Crippen molar-refractivity contribution in [2.45, 2.75) is 13.0 Å². The molecule has 19 heavy (non-hydrogen) atoms. The standard InChI is InChI=1S/C13H19BrN2O3/c1-18-7-5-16-9-10-8-11(14)2-3-12(10)19-6-4-13(15)17/h2-3,8,16H,4-7,9H2,1H3,(H2,15,17). The van der Waals surface area contributed by atoms with Crippen LogP contribution >= 0.6 is 15.9 Å². The monoisotopic (exact) mass is 330 g/mol. The number of ether oxygens (including phenoxy) is 2. The van der Waals surface area contributed by atoms with Crippen molar-refractivity contribution in [3.8, 4) is 5.75 Å². The minimum absolute atomic E-state index is 0.215. The Morgan fingerprint density at radius 1 is 1.42 bits per heavy atom. The van der Waals surface area contributed by atoms with E-state index in [2.05, 4.69) is 21.2 Å². The van der Waals surface area contributed by atoms with Crippen LogP contribution in [-0.2, 0) is 16.1 Å². The Morgan fingerprint density at radius 3 is 2.89 bits per heavy atom.